The molecule has 17 heavy (non-hydrogen) atoms. The van der Waals surface area contributed by atoms with Crippen molar-refractivity contribution in [2.75, 3.05) is 17.7 Å². The average Bonchev–Trinajstić information content (AvgIpc) is 2.30. The van der Waals surface area contributed by atoms with Crippen LogP contribution < -0.4 is 5.32 Å². The predicted molar refractivity (Wildman–Crippen MR) is 73.6 cm³/mol. The van der Waals surface area contributed by atoms with E-state index in [0.717, 1.165) is 16.8 Å². The molecule has 0 spiro atoms. The van der Waals surface area contributed by atoms with Crippen LogP contribution in [-0.2, 0) is 4.79 Å². The molecule has 1 aromatic carbocycles. The van der Waals surface area contributed by atoms with Gasteiger partial charge >= 0.3 is 0 Å². The van der Waals surface area contributed by atoms with Crippen LogP contribution in [0.1, 0.15) is 18.1 Å². The molecule has 2 N–H and O–H groups in total. The van der Waals surface area contributed by atoms with E-state index in [0.29, 0.717) is 5.75 Å². The van der Waals surface area contributed by atoms with Crippen molar-refractivity contribution >= 4 is 23.4 Å². The van der Waals surface area contributed by atoms with Crippen molar-refractivity contribution in [3.05, 3.63) is 29.3 Å². The van der Waals surface area contributed by atoms with Gasteiger partial charge in [0.05, 0.1) is 12.4 Å². The predicted octanol–water partition coefficient (Wildman–Crippen LogP) is 2.36. The Morgan fingerprint density at radius 3 is 2.82 bits per heavy atom. The zero-order chi connectivity index (χ0) is 12.8. The molecule has 0 saturated carbocycles. The van der Waals surface area contributed by atoms with Crippen LogP contribution >= 0.6 is 11.8 Å². The molecule has 1 atom stereocenters. The molecule has 3 nitrogen and oxygen atoms in total. The normalized spacial score (nSPS) is 12.2. The van der Waals surface area contributed by atoms with Crippen molar-refractivity contribution < 1.29 is 9.90 Å². The van der Waals surface area contributed by atoms with Gasteiger partial charge in [0.15, 0.2) is 0 Å². The summed E-state index contributed by atoms with van der Waals surface area (Å²) in [6.45, 7) is 5.97. The molecular formula is C13H19NO2S. The van der Waals surface area contributed by atoms with Gasteiger partial charge in [0.1, 0.15) is 0 Å². The highest BCUT2D eigenvalue weighted by Crippen LogP contribution is 2.17. The van der Waals surface area contributed by atoms with E-state index < -0.39 is 0 Å². The first kappa shape index (κ1) is 14.1. The number of amides is 1. The number of aliphatic hydroxyl groups excluding tert-OH is 1. The summed E-state index contributed by atoms with van der Waals surface area (Å²) in [6.07, 6.45) is 0. The summed E-state index contributed by atoms with van der Waals surface area (Å²) in [5.41, 5.74) is 3.05. The van der Waals surface area contributed by atoms with Crippen LogP contribution in [-0.4, -0.2) is 28.6 Å². The van der Waals surface area contributed by atoms with Crippen molar-refractivity contribution in [1.82, 2.24) is 0 Å². The number of nitrogens with one attached hydrogen (secondary N) is 1. The Morgan fingerprint density at radius 1 is 1.47 bits per heavy atom. The number of carbonyl (C=O) groups is 1. The van der Waals surface area contributed by atoms with Gasteiger partial charge in [-0.1, -0.05) is 19.1 Å². The molecule has 0 aliphatic rings. The molecule has 0 saturated heterocycles. The summed E-state index contributed by atoms with van der Waals surface area (Å²) in [4.78, 5) is 11.7. The lowest BCUT2D eigenvalue weighted by atomic mass is 10.1. The summed E-state index contributed by atoms with van der Waals surface area (Å²) >= 11 is 1.45. The average molecular weight is 253 g/mol. The number of hydrogen-bond donors (Lipinski definition) is 2. The van der Waals surface area contributed by atoms with E-state index >= 15 is 0 Å². The van der Waals surface area contributed by atoms with E-state index in [4.69, 9.17) is 5.11 Å². The minimum atomic E-state index is -0.0241. The van der Waals surface area contributed by atoms with Gasteiger partial charge in [-0.25, -0.2) is 0 Å². The van der Waals surface area contributed by atoms with Gasteiger partial charge in [0.25, 0.3) is 0 Å². The first-order valence-electron chi connectivity index (χ1n) is 5.62. The van der Waals surface area contributed by atoms with Crippen LogP contribution in [0.4, 0.5) is 5.69 Å². The number of carbonyl (C=O) groups excluding carboxylic acids is 1. The van der Waals surface area contributed by atoms with Crippen molar-refractivity contribution in [1.29, 1.82) is 0 Å². The van der Waals surface area contributed by atoms with Gasteiger partial charge in [-0.15, -0.1) is 11.8 Å². The van der Waals surface area contributed by atoms with Crippen molar-refractivity contribution in [3.8, 4) is 0 Å². The van der Waals surface area contributed by atoms with Gasteiger partial charge in [-0.3, -0.25) is 4.79 Å². The minimum absolute atomic E-state index is 0.0241. The summed E-state index contributed by atoms with van der Waals surface area (Å²) in [6, 6.07) is 5.98. The third-order valence-electron chi connectivity index (χ3n) is 2.42. The molecule has 94 valence electrons. The molecular weight excluding hydrogens is 234 g/mol. The van der Waals surface area contributed by atoms with Crippen LogP contribution in [0.15, 0.2) is 18.2 Å². The number of rotatable bonds is 5. The second-order valence-corrected chi connectivity index (χ2v) is 5.60. The lowest BCUT2D eigenvalue weighted by molar-refractivity contribution is -0.113. The number of benzene rings is 1. The molecule has 0 radical (unpaired) electrons. The fourth-order valence-corrected chi connectivity index (χ4v) is 1.94. The van der Waals surface area contributed by atoms with Crippen molar-refractivity contribution in [2.24, 2.45) is 0 Å². The van der Waals surface area contributed by atoms with E-state index in [2.05, 4.69) is 5.32 Å². The molecule has 4 heteroatoms. The Kier molecular flexibility index (Phi) is 5.51. The van der Waals surface area contributed by atoms with Crippen LogP contribution in [0.5, 0.6) is 0 Å². The molecule has 0 aliphatic heterocycles. The molecule has 1 rings (SSSR count). The molecule has 0 fully saturated rings. The number of aliphatic hydroxyl groups is 1. The Labute approximate surface area is 107 Å². The topological polar surface area (TPSA) is 49.3 Å². The lowest BCUT2D eigenvalue weighted by Gasteiger charge is -2.10. The second-order valence-electron chi connectivity index (χ2n) is 4.17. The van der Waals surface area contributed by atoms with Crippen LogP contribution in [0.2, 0.25) is 0 Å². The molecule has 0 aromatic heterocycles. The molecule has 0 bridgehead atoms. The van der Waals surface area contributed by atoms with E-state index in [9.17, 15) is 4.79 Å². The number of hydrogen-bond acceptors (Lipinski definition) is 3. The maximum atomic E-state index is 11.7. The van der Waals surface area contributed by atoms with Crippen molar-refractivity contribution in [2.45, 2.75) is 26.0 Å². The first-order chi connectivity index (χ1) is 8.02. The minimum Gasteiger partial charge on any atom is -0.395 e. The fourth-order valence-electron chi connectivity index (χ4n) is 1.33. The second kappa shape index (κ2) is 6.67. The van der Waals surface area contributed by atoms with Gasteiger partial charge in [-0.2, -0.15) is 0 Å². The Morgan fingerprint density at radius 2 is 2.18 bits per heavy atom. The smallest absolute Gasteiger partial charge is 0.234 e. The molecule has 1 unspecified atom stereocenters. The van der Waals surface area contributed by atoms with Gasteiger partial charge < -0.3 is 10.4 Å². The fraction of sp³-hybridized carbons (Fsp3) is 0.462. The molecule has 0 aliphatic carbocycles. The molecule has 1 aromatic rings. The zero-order valence-corrected chi connectivity index (χ0v) is 11.3. The number of thioether (sulfide) groups is 1. The summed E-state index contributed by atoms with van der Waals surface area (Å²) in [5.74, 6) is 0.346. The van der Waals surface area contributed by atoms with E-state index in [1.54, 1.807) is 0 Å². The van der Waals surface area contributed by atoms with E-state index in [1.807, 2.05) is 39.0 Å². The van der Waals surface area contributed by atoms with Gasteiger partial charge in [0, 0.05) is 10.9 Å². The highest BCUT2D eigenvalue weighted by atomic mass is 32.2. The maximum absolute atomic E-state index is 11.7. The Hall–Kier alpha value is -1.00. The summed E-state index contributed by atoms with van der Waals surface area (Å²) in [7, 11) is 0. The van der Waals surface area contributed by atoms with Gasteiger partial charge in [-0.05, 0) is 31.0 Å². The Bertz CT molecular complexity index is 393. The van der Waals surface area contributed by atoms with Gasteiger partial charge in [0.2, 0.25) is 5.91 Å². The SMILES string of the molecule is Cc1ccc(C)c(NC(=O)CSC(C)CO)c1. The zero-order valence-electron chi connectivity index (χ0n) is 10.5. The lowest BCUT2D eigenvalue weighted by Crippen LogP contribution is -2.17. The largest absolute Gasteiger partial charge is 0.395 e. The maximum Gasteiger partial charge on any atom is 0.234 e. The first-order valence-corrected chi connectivity index (χ1v) is 6.67. The summed E-state index contributed by atoms with van der Waals surface area (Å²) < 4.78 is 0. The monoisotopic (exact) mass is 253 g/mol. The number of anilines is 1. The van der Waals surface area contributed by atoms with Crippen LogP contribution in [0.25, 0.3) is 0 Å². The quantitative estimate of drug-likeness (QED) is 0.847. The van der Waals surface area contributed by atoms with Crippen molar-refractivity contribution in [3.63, 3.8) is 0 Å². The summed E-state index contributed by atoms with van der Waals surface area (Å²) in [5, 5.41) is 11.9. The third-order valence-corrected chi connectivity index (χ3v) is 3.57. The standard InChI is InChI=1S/C13H19NO2S/c1-9-4-5-10(2)12(6-9)14-13(16)8-17-11(3)7-15/h4-6,11,15H,7-8H2,1-3H3,(H,14,16). The van der Waals surface area contributed by atoms with E-state index in [-0.39, 0.29) is 17.8 Å². The molecule has 0 heterocycles. The van der Waals surface area contributed by atoms with E-state index in [1.165, 1.54) is 11.8 Å². The highest BCUT2D eigenvalue weighted by molar-refractivity contribution is 8.00. The van der Waals surface area contributed by atoms with Crippen LogP contribution in [0.3, 0.4) is 0 Å². The highest BCUT2D eigenvalue weighted by Gasteiger charge is 2.07. The van der Waals surface area contributed by atoms with Crippen LogP contribution in [0, 0.1) is 13.8 Å². The molecule has 1 amide bonds. The third kappa shape index (κ3) is 4.79. The number of aryl methyl sites for hydroxylation is 2. The Balaban J connectivity index is 2.53.